The van der Waals surface area contributed by atoms with E-state index in [9.17, 15) is 9.59 Å². The summed E-state index contributed by atoms with van der Waals surface area (Å²) >= 11 is 0. The van der Waals surface area contributed by atoms with Crippen LogP contribution in [0.3, 0.4) is 0 Å². The standard InChI is InChI=1S/C17H12O2/c18-15-13-7-3-1-5-11(13)9-17(15)10-12-6-2-4-8-14(12)16(17)19/h1-8H,9-10H2. The third-order valence-corrected chi connectivity index (χ3v) is 4.38. The number of ketones is 2. The lowest BCUT2D eigenvalue weighted by atomic mass is 9.80. The third-order valence-electron chi connectivity index (χ3n) is 4.38. The number of benzene rings is 2. The molecular weight excluding hydrogens is 236 g/mol. The number of carbonyl (C=O) groups is 2. The fourth-order valence-electron chi connectivity index (χ4n) is 3.44. The Hall–Kier alpha value is -2.22. The van der Waals surface area contributed by atoms with Crippen LogP contribution in [0.5, 0.6) is 0 Å². The number of rotatable bonds is 0. The van der Waals surface area contributed by atoms with Crippen LogP contribution in [0.25, 0.3) is 0 Å². The van der Waals surface area contributed by atoms with Gasteiger partial charge in [-0.2, -0.15) is 0 Å². The van der Waals surface area contributed by atoms with Gasteiger partial charge in [-0.3, -0.25) is 9.59 Å². The molecule has 0 bridgehead atoms. The van der Waals surface area contributed by atoms with Crippen LogP contribution < -0.4 is 0 Å². The maximum atomic E-state index is 12.7. The number of fused-ring (bicyclic) bond motifs is 2. The smallest absolute Gasteiger partial charge is 0.177 e. The first-order valence-electron chi connectivity index (χ1n) is 6.48. The summed E-state index contributed by atoms with van der Waals surface area (Å²) in [6.45, 7) is 0. The summed E-state index contributed by atoms with van der Waals surface area (Å²) in [6.07, 6.45) is 1.10. The Morgan fingerprint density at radius 1 is 0.684 bits per heavy atom. The second-order valence-electron chi connectivity index (χ2n) is 5.41. The van der Waals surface area contributed by atoms with E-state index >= 15 is 0 Å². The molecule has 0 aliphatic heterocycles. The summed E-state index contributed by atoms with van der Waals surface area (Å²) in [4.78, 5) is 25.4. The minimum Gasteiger partial charge on any atom is -0.293 e. The van der Waals surface area contributed by atoms with Crippen molar-refractivity contribution in [3.8, 4) is 0 Å². The Morgan fingerprint density at radius 3 is 1.53 bits per heavy atom. The second kappa shape index (κ2) is 3.41. The molecular formula is C17H12O2. The largest absolute Gasteiger partial charge is 0.293 e. The van der Waals surface area contributed by atoms with E-state index in [1.165, 1.54) is 0 Å². The Balaban J connectivity index is 1.89. The summed E-state index contributed by atoms with van der Waals surface area (Å²) in [6, 6.07) is 15.2. The van der Waals surface area contributed by atoms with Crippen LogP contribution >= 0.6 is 0 Å². The first kappa shape index (κ1) is 10.7. The number of hydrogen-bond acceptors (Lipinski definition) is 2. The van der Waals surface area contributed by atoms with Gasteiger partial charge in [0.15, 0.2) is 11.6 Å². The average molecular weight is 248 g/mol. The molecule has 2 nitrogen and oxygen atoms in total. The molecule has 4 rings (SSSR count). The van der Waals surface area contributed by atoms with Crippen molar-refractivity contribution in [3.63, 3.8) is 0 Å². The molecule has 0 aromatic heterocycles. The van der Waals surface area contributed by atoms with Crippen molar-refractivity contribution >= 4 is 11.6 Å². The van der Waals surface area contributed by atoms with Gasteiger partial charge in [0, 0.05) is 11.1 Å². The van der Waals surface area contributed by atoms with Gasteiger partial charge in [-0.25, -0.2) is 0 Å². The van der Waals surface area contributed by atoms with Gasteiger partial charge in [-0.1, -0.05) is 48.5 Å². The molecule has 0 fully saturated rings. The van der Waals surface area contributed by atoms with Crippen molar-refractivity contribution in [1.29, 1.82) is 0 Å². The van der Waals surface area contributed by atoms with Gasteiger partial charge in [-0.05, 0) is 24.0 Å². The molecule has 1 spiro atoms. The summed E-state index contributed by atoms with van der Waals surface area (Å²) in [5.41, 5.74) is 2.61. The van der Waals surface area contributed by atoms with Gasteiger partial charge in [0.25, 0.3) is 0 Å². The first-order valence-corrected chi connectivity index (χ1v) is 6.48. The van der Waals surface area contributed by atoms with E-state index in [1.807, 2.05) is 48.5 Å². The first-order chi connectivity index (χ1) is 9.22. The average Bonchev–Trinajstić information content (AvgIpc) is 2.88. The summed E-state index contributed by atoms with van der Waals surface area (Å²) in [5.74, 6) is 0.00796. The Kier molecular flexibility index (Phi) is 1.92. The van der Waals surface area contributed by atoms with Crippen molar-refractivity contribution in [3.05, 3.63) is 70.8 Å². The van der Waals surface area contributed by atoms with Gasteiger partial charge < -0.3 is 0 Å². The number of Topliss-reactive ketones (excluding diaryl/α,β-unsaturated/α-hetero) is 2. The van der Waals surface area contributed by atoms with Crippen LogP contribution in [0, 0.1) is 5.41 Å². The molecule has 2 aromatic carbocycles. The van der Waals surface area contributed by atoms with Crippen molar-refractivity contribution in [2.75, 3.05) is 0 Å². The highest BCUT2D eigenvalue weighted by Gasteiger charge is 2.55. The van der Waals surface area contributed by atoms with E-state index in [1.54, 1.807) is 0 Å². The van der Waals surface area contributed by atoms with Crippen molar-refractivity contribution in [1.82, 2.24) is 0 Å². The Morgan fingerprint density at radius 2 is 1.11 bits per heavy atom. The van der Waals surface area contributed by atoms with Crippen molar-refractivity contribution in [2.45, 2.75) is 12.8 Å². The van der Waals surface area contributed by atoms with Crippen LogP contribution in [0.15, 0.2) is 48.5 Å². The maximum Gasteiger partial charge on any atom is 0.177 e. The molecule has 0 heterocycles. The molecule has 0 saturated heterocycles. The molecule has 2 aliphatic carbocycles. The van der Waals surface area contributed by atoms with Gasteiger partial charge in [-0.15, -0.1) is 0 Å². The molecule has 0 N–H and O–H groups in total. The van der Waals surface area contributed by atoms with E-state index in [4.69, 9.17) is 0 Å². The van der Waals surface area contributed by atoms with E-state index in [2.05, 4.69) is 0 Å². The van der Waals surface area contributed by atoms with Crippen molar-refractivity contribution < 1.29 is 9.59 Å². The minimum absolute atomic E-state index is 0.00398. The molecule has 0 amide bonds. The monoisotopic (exact) mass is 248 g/mol. The summed E-state index contributed by atoms with van der Waals surface area (Å²) in [7, 11) is 0. The quantitative estimate of drug-likeness (QED) is 0.672. The molecule has 0 saturated carbocycles. The normalized spacial score (nSPS) is 18.7. The van der Waals surface area contributed by atoms with Gasteiger partial charge in [0.05, 0.1) is 0 Å². The molecule has 19 heavy (non-hydrogen) atoms. The Labute approximate surface area is 111 Å². The lowest BCUT2D eigenvalue weighted by Crippen LogP contribution is -2.34. The molecule has 2 aliphatic rings. The van der Waals surface area contributed by atoms with Gasteiger partial charge in [0.1, 0.15) is 5.41 Å². The van der Waals surface area contributed by atoms with Crippen LogP contribution in [-0.2, 0) is 12.8 Å². The third kappa shape index (κ3) is 1.21. The molecule has 92 valence electrons. The number of carbonyl (C=O) groups excluding carboxylic acids is 2. The van der Waals surface area contributed by atoms with E-state index in [-0.39, 0.29) is 11.6 Å². The zero-order valence-corrected chi connectivity index (χ0v) is 10.3. The van der Waals surface area contributed by atoms with Gasteiger partial charge in [0.2, 0.25) is 0 Å². The second-order valence-corrected chi connectivity index (χ2v) is 5.41. The van der Waals surface area contributed by atoms with Crippen molar-refractivity contribution in [2.24, 2.45) is 5.41 Å². The van der Waals surface area contributed by atoms with E-state index in [0.29, 0.717) is 12.8 Å². The van der Waals surface area contributed by atoms with E-state index in [0.717, 1.165) is 22.3 Å². The molecule has 0 radical (unpaired) electrons. The van der Waals surface area contributed by atoms with Crippen LogP contribution in [0.2, 0.25) is 0 Å². The number of hydrogen-bond donors (Lipinski definition) is 0. The molecule has 2 heteroatoms. The Bertz CT molecular complexity index is 664. The lowest BCUT2D eigenvalue weighted by Gasteiger charge is -2.18. The predicted octanol–water partition coefficient (Wildman–Crippen LogP) is 2.85. The topological polar surface area (TPSA) is 34.1 Å². The van der Waals surface area contributed by atoms with Gasteiger partial charge >= 0.3 is 0 Å². The lowest BCUT2D eigenvalue weighted by molar-refractivity contribution is 0.0705. The predicted molar refractivity (Wildman–Crippen MR) is 71.4 cm³/mol. The summed E-state index contributed by atoms with van der Waals surface area (Å²) < 4.78 is 0. The molecule has 0 atom stereocenters. The van der Waals surface area contributed by atoms with Crippen LogP contribution in [0.4, 0.5) is 0 Å². The zero-order chi connectivity index (χ0) is 13.0. The molecule has 0 unspecified atom stereocenters. The van der Waals surface area contributed by atoms with Crippen LogP contribution in [0.1, 0.15) is 31.8 Å². The summed E-state index contributed by atoms with van der Waals surface area (Å²) in [5, 5.41) is 0. The maximum absolute atomic E-state index is 12.7. The minimum atomic E-state index is -0.854. The fraction of sp³-hybridized carbons (Fsp3) is 0.176. The highest BCUT2D eigenvalue weighted by atomic mass is 16.2. The highest BCUT2D eigenvalue weighted by molar-refractivity contribution is 6.24. The zero-order valence-electron chi connectivity index (χ0n) is 10.3. The highest BCUT2D eigenvalue weighted by Crippen LogP contribution is 2.46. The van der Waals surface area contributed by atoms with E-state index < -0.39 is 5.41 Å². The molecule has 2 aromatic rings. The van der Waals surface area contributed by atoms with Crippen LogP contribution in [-0.4, -0.2) is 11.6 Å². The SMILES string of the molecule is O=C1c2ccccc2CC12Cc1ccccc1C2=O. The fourth-order valence-corrected chi connectivity index (χ4v) is 3.44.